The Morgan fingerprint density at radius 2 is 1.07 bits per heavy atom. The molecule has 2 aliphatic rings. The molecule has 3 aromatic heterocycles. The van der Waals surface area contributed by atoms with Crippen molar-refractivity contribution in [2.75, 3.05) is 0 Å². The van der Waals surface area contributed by atoms with Gasteiger partial charge in [-0.05, 0) is 63.7 Å². The van der Waals surface area contributed by atoms with Crippen LogP contribution in [0, 0.1) is 13.8 Å². The number of rotatable bonds is 10. The average molecular weight is 663 g/mol. The third kappa shape index (κ3) is 6.76. The summed E-state index contributed by atoms with van der Waals surface area (Å²) in [6.45, 7) is 11.7. The molecule has 8 bridgehead atoms. The second-order valence-corrected chi connectivity index (χ2v) is 11.3. The van der Waals surface area contributed by atoms with Crippen LogP contribution in [0.1, 0.15) is 84.6 Å². The molecule has 2 aliphatic heterocycles. The number of carboxylic acids is 3. The van der Waals surface area contributed by atoms with Crippen LogP contribution in [0.5, 0.6) is 0 Å². The molecule has 46 heavy (non-hydrogen) atoms. The van der Waals surface area contributed by atoms with Crippen LogP contribution in [-0.4, -0.2) is 43.2 Å². The van der Waals surface area contributed by atoms with Gasteiger partial charge in [0.2, 0.25) is 0 Å². The molecule has 10 nitrogen and oxygen atoms in total. The van der Waals surface area contributed by atoms with Crippen molar-refractivity contribution in [1.29, 1.82) is 0 Å². The second-order valence-electron chi connectivity index (χ2n) is 11.3. The Kier molecular flexibility index (Phi) is 10.2. The molecule has 0 aromatic carbocycles. The first-order valence-electron chi connectivity index (χ1n) is 14.7. The molecule has 0 unspecified atom stereocenters. The summed E-state index contributed by atoms with van der Waals surface area (Å²) in [5.74, 6) is -2.78. The van der Waals surface area contributed by atoms with Crippen molar-refractivity contribution >= 4 is 62.3 Å². The van der Waals surface area contributed by atoms with Gasteiger partial charge in [0.15, 0.2) is 0 Å². The SMILES string of the molecule is C=CC1=C(C)c2cc3[n-]c(cc4nc(cc5[n-]c(cc1n2)c(C)c5CCC(=O)O)C(C)=C4CCC(=O)O)c(CCC(=O)O)c3C.[Fe]. The zero-order chi connectivity index (χ0) is 32.6. The molecule has 3 aromatic rings. The Bertz CT molecular complexity index is 2010. The van der Waals surface area contributed by atoms with Gasteiger partial charge in [-0.15, -0.1) is 22.1 Å². The predicted octanol–water partition coefficient (Wildman–Crippen LogP) is 6.13. The van der Waals surface area contributed by atoms with Gasteiger partial charge in [-0.2, -0.15) is 0 Å². The van der Waals surface area contributed by atoms with E-state index in [0.717, 1.165) is 44.5 Å². The minimum atomic E-state index is -0.938. The van der Waals surface area contributed by atoms with Crippen molar-refractivity contribution in [2.45, 2.75) is 66.2 Å². The minimum Gasteiger partial charge on any atom is -0.657 e. The number of aliphatic carboxylic acids is 3. The van der Waals surface area contributed by atoms with E-state index in [2.05, 4.69) is 6.58 Å². The van der Waals surface area contributed by atoms with E-state index in [1.807, 2.05) is 45.9 Å². The number of aromatic nitrogens is 4. The van der Waals surface area contributed by atoms with Gasteiger partial charge in [0.25, 0.3) is 0 Å². The third-order valence-electron chi connectivity index (χ3n) is 8.53. The third-order valence-corrected chi connectivity index (χ3v) is 8.53. The molecule has 11 heteroatoms. The largest absolute Gasteiger partial charge is 0.657 e. The van der Waals surface area contributed by atoms with Gasteiger partial charge in [0.1, 0.15) is 0 Å². The Hall–Kier alpha value is -4.73. The molecule has 3 N–H and O–H groups in total. The van der Waals surface area contributed by atoms with Gasteiger partial charge in [0, 0.05) is 41.9 Å². The summed E-state index contributed by atoms with van der Waals surface area (Å²) < 4.78 is 0. The van der Waals surface area contributed by atoms with E-state index in [-0.39, 0.29) is 55.6 Å². The zero-order valence-electron chi connectivity index (χ0n) is 26.0. The molecule has 0 spiro atoms. The maximum Gasteiger partial charge on any atom is 0.303 e. The maximum absolute atomic E-state index is 11.6. The van der Waals surface area contributed by atoms with Gasteiger partial charge >= 0.3 is 17.9 Å². The first-order chi connectivity index (χ1) is 21.4. The van der Waals surface area contributed by atoms with Crippen LogP contribution in [0.3, 0.4) is 0 Å². The second kappa shape index (κ2) is 13.7. The van der Waals surface area contributed by atoms with Gasteiger partial charge in [-0.25, -0.2) is 9.97 Å². The Labute approximate surface area is 276 Å². The van der Waals surface area contributed by atoms with Crippen LogP contribution in [0.15, 0.2) is 36.9 Å². The van der Waals surface area contributed by atoms with Crippen molar-refractivity contribution < 1.29 is 46.8 Å². The van der Waals surface area contributed by atoms with Gasteiger partial charge in [0.05, 0.1) is 22.8 Å². The standard InChI is InChI=1S/C35H36N4O6.Fe/c1-6-21-17(2)25-13-26-18(3)23(8-11-34(42)43)31(37-26)16-32-24(9-12-35(44)45)20(5)28(39-32)15-30-22(7-10-33(40)41)19(4)27(38-30)14-29(21)36-25;/h6,13-16H,1,7-12H2,2-5H3,(H5,36,37,38,39,40,41,42,43,44,45);/p-2. The first-order valence-corrected chi connectivity index (χ1v) is 14.7. The van der Waals surface area contributed by atoms with Crippen LogP contribution in [0.25, 0.3) is 44.4 Å². The summed E-state index contributed by atoms with van der Waals surface area (Å²) in [5, 5.41) is 28.4. The van der Waals surface area contributed by atoms with E-state index < -0.39 is 17.9 Å². The van der Waals surface area contributed by atoms with Crippen molar-refractivity contribution in [2.24, 2.45) is 0 Å². The van der Waals surface area contributed by atoms with Gasteiger partial charge in [-0.3, -0.25) is 14.4 Å². The van der Waals surface area contributed by atoms with E-state index in [1.54, 1.807) is 12.1 Å². The summed E-state index contributed by atoms with van der Waals surface area (Å²) in [7, 11) is 0. The Balaban J connectivity index is 0.00000480. The molecule has 0 amide bonds. The average Bonchev–Trinajstić information content (AvgIpc) is 3.63. The number of nitrogens with zero attached hydrogens (tertiary/aromatic N) is 4. The van der Waals surface area contributed by atoms with Crippen LogP contribution >= 0.6 is 0 Å². The smallest absolute Gasteiger partial charge is 0.303 e. The molecule has 240 valence electrons. The molecule has 0 saturated carbocycles. The fourth-order valence-electron chi connectivity index (χ4n) is 5.94. The van der Waals surface area contributed by atoms with Crippen LogP contribution in [0.4, 0.5) is 0 Å². The number of hydrogen-bond acceptors (Lipinski definition) is 5. The zero-order valence-corrected chi connectivity index (χ0v) is 27.1. The molecule has 0 saturated heterocycles. The van der Waals surface area contributed by atoms with Gasteiger partial charge in [-0.1, -0.05) is 59.2 Å². The Morgan fingerprint density at radius 1 is 0.652 bits per heavy atom. The predicted molar refractivity (Wildman–Crippen MR) is 172 cm³/mol. The van der Waals surface area contributed by atoms with Crippen molar-refractivity contribution in [3.8, 4) is 0 Å². The topological polar surface area (TPSA) is 166 Å². The molecular weight excluding hydrogens is 628 g/mol. The van der Waals surface area contributed by atoms with Crippen LogP contribution in [0.2, 0.25) is 0 Å². The molecule has 0 aliphatic carbocycles. The number of allylic oxidation sites excluding steroid dienone is 5. The first kappa shape index (κ1) is 34.1. The molecular formula is C35H34FeN4O6-2. The summed E-state index contributed by atoms with van der Waals surface area (Å²) in [5.41, 5.74) is 11.5. The number of carbonyl (C=O) groups is 3. The van der Waals surface area contributed by atoms with E-state index in [1.165, 1.54) is 0 Å². The summed E-state index contributed by atoms with van der Waals surface area (Å²) >= 11 is 0. The van der Waals surface area contributed by atoms with Crippen molar-refractivity contribution in [3.63, 3.8) is 0 Å². The number of carboxylic acid groups (broad SMARTS) is 3. The minimum absolute atomic E-state index is 0. The number of fused-ring (bicyclic) bond motifs is 8. The van der Waals surface area contributed by atoms with E-state index in [4.69, 9.17) is 19.9 Å². The van der Waals surface area contributed by atoms with E-state index >= 15 is 0 Å². The summed E-state index contributed by atoms with van der Waals surface area (Å²) in [6.07, 6.45) is 2.25. The number of hydrogen-bond donors (Lipinski definition) is 3. The fourth-order valence-corrected chi connectivity index (χ4v) is 5.94. The molecule has 0 fully saturated rings. The normalized spacial score (nSPS) is 12.7. The van der Waals surface area contributed by atoms with Gasteiger partial charge < -0.3 is 25.3 Å². The van der Waals surface area contributed by atoms with Crippen molar-refractivity contribution in [3.05, 3.63) is 81.9 Å². The maximum atomic E-state index is 11.6. The van der Waals surface area contributed by atoms with E-state index in [0.29, 0.717) is 44.8 Å². The van der Waals surface area contributed by atoms with Crippen LogP contribution < -0.4 is 9.97 Å². The molecule has 5 rings (SSSR count). The molecule has 0 radical (unpaired) electrons. The Morgan fingerprint density at radius 3 is 1.57 bits per heavy atom. The van der Waals surface area contributed by atoms with Crippen LogP contribution in [-0.2, 0) is 44.3 Å². The number of aryl methyl sites for hydroxylation is 4. The quantitative estimate of drug-likeness (QED) is 0.215. The summed E-state index contributed by atoms with van der Waals surface area (Å²) in [4.78, 5) is 54.3. The monoisotopic (exact) mass is 662 g/mol. The summed E-state index contributed by atoms with van der Waals surface area (Å²) in [6, 6.07) is 7.38. The molecule has 0 atom stereocenters. The fraction of sp³-hybridized carbons (Fsp3) is 0.286. The molecule has 5 heterocycles. The van der Waals surface area contributed by atoms with E-state index in [9.17, 15) is 29.7 Å². The van der Waals surface area contributed by atoms with Crippen molar-refractivity contribution in [1.82, 2.24) is 19.9 Å².